The monoisotopic (exact) mass is 347 g/mol. The molecule has 0 atom stereocenters. The molecule has 1 aromatic rings. The molecule has 1 heterocycles. The topological polar surface area (TPSA) is 119 Å². The van der Waals surface area contributed by atoms with Gasteiger partial charge in [0, 0.05) is 6.54 Å². The zero-order valence-electron chi connectivity index (χ0n) is 14.7. The Balaban J connectivity index is 2.44. The Morgan fingerprint density at radius 3 is 2.12 bits per heavy atom. The van der Waals surface area contributed by atoms with Crippen molar-refractivity contribution in [1.82, 2.24) is 0 Å². The molecular weight excluding hydrogens is 325 g/mol. The van der Waals surface area contributed by atoms with E-state index in [1.54, 1.807) is 6.08 Å². The predicted octanol–water partition coefficient (Wildman–Crippen LogP) is 2.06. The van der Waals surface area contributed by atoms with Gasteiger partial charge in [-0.25, -0.2) is 9.59 Å². The van der Waals surface area contributed by atoms with Gasteiger partial charge in [0.2, 0.25) is 0 Å². The van der Waals surface area contributed by atoms with Crippen LogP contribution in [0.3, 0.4) is 0 Å². The van der Waals surface area contributed by atoms with E-state index in [0.717, 1.165) is 6.07 Å². The summed E-state index contributed by atoms with van der Waals surface area (Å²) in [5.41, 5.74) is 5.41. The van der Waals surface area contributed by atoms with Crippen LogP contribution in [-0.4, -0.2) is 47.0 Å². The van der Waals surface area contributed by atoms with Crippen molar-refractivity contribution in [2.45, 2.75) is 38.9 Å². The van der Waals surface area contributed by atoms with Gasteiger partial charge in [-0.1, -0.05) is 12.1 Å². The van der Waals surface area contributed by atoms with E-state index < -0.39 is 30.3 Å². The highest BCUT2D eigenvalue weighted by molar-refractivity contribution is 6.56. The third-order valence-corrected chi connectivity index (χ3v) is 4.66. The number of hydrogen-bond acceptors (Lipinski definition) is 5. The summed E-state index contributed by atoms with van der Waals surface area (Å²) >= 11 is 0. The van der Waals surface area contributed by atoms with Gasteiger partial charge in [0.15, 0.2) is 0 Å². The van der Waals surface area contributed by atoms with E-state index in [9.17, 15) is 14.7 Å². The molecule has 1 aliphatic rings. The molecule has 25 heavy (non-hydrogen) atoms. The van der Waals surface area contributed by atoms with Crippen LogP contribution in [0.15, 0.2) is 23.7 Å². The molecule has 0 saturated carbocycles. The largest absolute Gasteiger partial charge is 0.491 e. The molecule has 7 nitrogen and oxygen atoms in total. The Morgan fingerprint density at radius 2 is 1.68 bits per heavy atom. The number of nitrogens with two attached hydrogens (primary N) is 1. The summed E-state index contributed by atoms with van der Waals surface area (Å²) in [6.45, 7) is 7.74. The lowest BCUT2D eigenvalue weighted by atomic mass is 9.76. The first-order valence-electron chi connectivity index (χ1n) is 7.85. The Kier molecular flexibility index (Phi) is 5.08. The van der Waals surface area contributed by atoms with Crippen LogP contribution in [0.5, 0.6) is 0 Å². The SMILES string of the molecule is CC1(C)OB(C(=Cc2ccc(C(=O)O)cc2C(=O)O)CN)OC1(C)C. The van der Waals surface area contributed by atoms with Crippen molar-refractivity contribution in [2.24, 2.45) is 5.73 Å². The van der Waals surface area contributed by atoms with Crippen LogP contribution in [0.4, 0.5) is 0 Å². The van der Waals surface area contributed by atoms with Crippen molar-refractivity contribution in [3.05, 3.63) is 40.4 Å². The summed E-state index contributed by atoms with van der Waals surface area (Å²) < 4.78 is 11.9. The van der Waals surface area contributed by atoms with E-state index in [-0.39, 0.29) is 17.7 Å². The lowest BCUT2D eigenvalue weighted by Crippen LogP contribution is -2.41. The predicted molar refractivity (Wildman–Crippen MR) is 93.5 cm³/mol. The fourth-order valence-electron chi connectivity index (χ4n) is 2.42. The first-order chi connectivity index (χ1) is 11.5. The molecular formula is C17H22BNO6. The number of rotatable bonds is 5. The Bertz CT molecular complexity index is 725. The van der Waals surface area contributed by atoms with E-state index in [1.165, 1.54) is 12.1 Å². The third kappa shape index (κ3) is 3.76. The minimum absolute atomic E-state index is 0.0977. The van der Waals surface area contributed by atoms with Gasteiger partial charge in [0.05, 0.1) is 22.3 Å². The van der Waals surface area contributed by atoms with E-state index in [1.807, 2.05) is 27.7 Å². The summed E-state index contributed by atoms with van der Waals surface area (Å²) in [4.78, 5) is 22.5. The van der Waals surface area contributed by atoms with Gasteiger partial charge in [-0.05, 0) is 50.9 Å². The molecule has 4 N–H and O–H groups in total. The Labute approximate surface area is 146 Å². The van der Waals surface area contributed by atoms with Gasteiger partial charge in [0.25, 0.3) is 0 Å². The fourth-order valence-corrected chi connectivity index (χ4v) is 2.42. The maximum absolute atomic E-state index is 11.5. The van der Waals surface area contributed by atoms with Crippen LogP contribution in [0.25, 0.3) is 6.08 Å². The molecule has 0 aliphatic carbocycles. The standard InChI is InChI=1S/C17H22BNO6/c1-16(2)17(3,4)25-18(24-16)12(9-19)7-10-5-6-11(14(20)21)8-13(10)15(22)23/h5-8H,9,19H2,1-4H3,(H,20,21)(H,22,23). The molecule has 0 amide bonds. The number of carboxylic acid groups (broad SMARTS) is 2. The minimum atomic E-state index is -1.22. The number of benzene rings is 1. The zero-order chi connectivity index (χ0) is 19.0. The van der Waals surface area contributed by atoms with Gasteiger partial charge in [-0.3, -0.25) is 0 Å². The van der Waals surface area contributed by atoms with Gasteiger partial charge in [-0.15, -0.1) is 0 Å². The van der Waals surface area contributed by atoms with E-state index in [0.29, 0.717) is 11.0 Å². The maximum atomic E-state index is 11.5. The van der Waals surface area contributed by atoms with Gasteiger partial charge in [-0.2, -0.15) is 0 Å². The number of carboxylic acids is 2. The van der Waals surface area contributed by atoms with E-state index >= 15 is 0 Å². The zero-order valence-corrected chi connectivity index (χ0v) is 14.7. The molecule has 8 heteroatoms. The average molecular weight is 347 g/mol. The molecule has 0 radical (unpaired) electrons. The normalized spacial score (nSPS) is 19.1. The number of carbonyl (C=O) groups is 2. The first kappa shape index (κ1) is 19.2. The molecule has 1 saturated heterocycles. The Hall–Kier alpha value is -2.16. The summed E-state index contributed by atoms with van der Waals surface area (Å²) in [6, 6.07) is 3.90. The second-order valence-electron chi connectivity index (χ2n) is 6.92. The lowest BCUT2D eigenvalue weighted by Gasteiger charge is -2.32. The second kappa shape index (κ2) is 6.63. The fraction of sp³-hybridized carbons (Fsp3) is 0.412. The number of hydrogen-bond donors (Lipinski definition) is 3. The minimum Gasteiger partial charge on any atom is -0.478 e. The highest BCUT2D eigenvalue weighted by atomic mass is 16.7. The van der Waals surface area contributed by atoms with Gasteiger partial charge >= 0.3 is 19.1 Å². The van der Waals surface area contributed by atoms with Crippen molar-refractivity contribution >= 4 is 25.1 Å². The van der Waals surface area contributed by atoms with Crippen molar-refractivity contribution < 1.29 is 29.1 Å². The average Bonchev–Trinajstić information content (AvgIpc) is 2.72. The highest BCUT2D eigenvalue weighted by Crippen LogP contribution is 2.38. The molecule has 1 aliphatic heterocycles. The molecule has 1 aromatic carbocycles. The van der Waals surface area contributed by atoms with Crippen molar-refractivity contribution in [3.63, 3.8) is 0 Å². The van der Waals surface area contributed by atoms with Crippen LogP contribution in [0.1, 0.15) is 54.0 Å². The van der Waals surface area contributed by atoms with Crippen LogP contribution in [0.2, 0.25) is 0 Å². The lowest BCUT2D eigenvalue weighted by molar-refractivity contribution is 0.00578. The summed E-state index contributed by atoms with van der Waals surface area (Å²) in [5, 5.41) is 18.4. The Morgan fingerprint density at radius 1 is 1.12 bits per heavy atom. The van der Waals surface area contributed by atoms with Crippen LogP contribution in [-0.2, 0) is 9.31 Å². The molecule has 134 valence electrons. The van der Waals surface area contributed by atoms with Crippen molar-refractivity contribution in [1.29, 1.82) is 0 Å². The summed E-state index contributed by atoms with van der Waals surface area (Å²) in [7, 11) is -0.698. The van der Waals surface area contributed by atoms with Crippen LogP contribution in [0, 0.1) is 0 Å². The molecule has 0 unspecified atom stereocenters. The first-order valence-corrected chi connectivity index (χ1v) is 7.85. The summed E-state index contributed by atoms with van der Waals surface area (Å²) in [5.74, 6) is -2.41. The molecule has 0 spiro atoms. The molecule has 1 fully saturated rings. The second-order valence-corrected chi connectivity index (χ2v) is 6.92. The smallest absolute Gasteiger partial charge is 0.478 e. The van der Waals surface area contributed by atoms with E-state index in [2.05, 4.69) is 0 Å². The number of aromatic carboxylic acids is 2. The van der Waals surface area contributed by atoms with E-state index in [4.69, 9.17) is 20.1 Å². The van der Waals surface area contributed by atoms with Gasteiger partial charge < -0.3 is 25.3 Å². The van der Waals surface area contributed by atoms with Gasteiger partial charge in [0.1, 0.15) is 0 Å². The molecule has 0 aromatic heterocycles. The molecule has 0 bridgehead atoms. The summed E-state index contributed by atoms with van der Waals surface area (Å²) in [6.07, 6.45) is 1.58. The third-order valence-electron chi connectivity index (χ3n) is 4.66. The van der Waals surface area contributed by atoms with Crippen LogP contribution >= 0.6 is 0 Å². The van der Waals surface area contributed by atoms with Crippen molar-refractivity contribution in [3.8, 4) is 0 Å². The maximum Gasteiger partial charge on any atom is 0.491 e. The highest BCUT2D eigenvalue weighted by Gasteiger charge is 2.52. The molecule has 2 rings (SSSR count). The quantitative estimate of drug-likeness (QED) is 0.698. The van der Waals surface area contributed by atoms with Crippen molar-refractivity contribution in [2.75, 3.05) is 6.54 Å². The van der Waals surface area contributed by atoms with Crippen LogP contribution < -0.4 is 5.73 Å².